The van der Waals surface area contributed by atoms with Crippen molar-refractivity contribution in [3.8, 4) is 0 Å². The SMILES string of the molecule is CC(=O)OC1O[C@H](C(C)OC(=O)c2ccccc2)[C@@H](OC(=O)c2ccccc2)[C@@]1(C)OC(=O)c1ccccc1. The molecule has 1 saturated heterocycles. The molecule has 5 atom stereocenters. The van der Waals surface area contributed by atoms with E-state index in [0.29, 0.717) is 5.56 Å². The normalized spacial score (nSPS) is 22.8. The molecule has 202 valence electrons. The molecule has 1 heterocycles. The van der Waals surface area contributed by atoms with Crippen molar-refractivity contribution in [2.45, 2.75) is 51.0 Å². The molecular weight excluding hydrogens is 504 g/mol. The highest BCUT2D eigenvalue weighted by Gasteiger charge is 2.63. The van der Waals surface area contributed by atoms with Crippen LogP contribution in [0, 0.1) is 0 Å². The van der Waals surface area contributed by atoms with Gasteiger partial charge in [-0.15, -0.1) is 0 Å². The topological polar surface area (TPSA) is 114 Å². The van der Waals surface area contributed by atoms with Crippen molar-refractivity contribution < 1.29 is 42.9 Å². The summed E-state index contributed by atoms with van der Waals surface area (Å²) in [6.45, 7) is 4.15. The van der Waals surface area contributed by atoms with E-state index in [1.807, 2.05) is 0 Å². The third-order valence-electron chi connectivity index (χ3n) is 6.22. The van der Waals surface area contributed by atoms with E-state index in [4.69, 9.17) is 23.7 Å². The molecule has 0 saturated carbocycles. The average Bonchev–Trinajstić information content (AvgIpc) is 3.20. The highest BCUT2D eigenvalue weighted by molar-refractivity contribution is 5.91. The fraction of sp³-hybridized carbons (Fsp3) is 0.267. The number of carbonyl (C=O) groups excluding carboxylic acids is 4. The molecule has 0 amide bonds. The zero-order valence-corrected chi connectivity index (χ0v) is 21.6. The van der Waals surface area contributed by atoms with Crippen LogP contribution < -0.4 is 0 Å². The van der Waals surface area contributed by atoms with Gasteiger partial charge in [0.15, 0.2) is 6.10 Å². The fourth-order valence-electron chi connectivity index (χ4n) is 4.22. The van der Waals surface area contributed by atoms with Gasteiger partial charge in [-0.2, -0.15) is 0 Å². The largest absolute Gasteiger partial charge is 0.456 e. The van der Waals surface area contributed by atoms with Gasteiger partial charge in [-0.1, -0.05) is 54.6 Å². The number of rotatable bonds is 8. The van der Waals surface area contributed by atoms with Gasteiger partial charge < -0.3 is 23.7 Å². The summed E-state index contributed by atoms with van der Waals surface area (Å²) in [5, 5.41) is 0. The Labute approximate surface area is 225 Å². The summed E-state index contributed by atoms with van der Waals surface area (Å²) < 4.78 is 28.7. The summed E-state index contributed by atoms with van der Waals surface area (Å²) in [6.07, 6.45) is -4.98. The molecule has 0 radical (unpaired) electrons. The molecule has 3 aromatic rings. The quantitative estimate of drug-likeness (QED) is 0.308. The van der Waals surface area contributed by atoms with E-state index >= 15 is 0 Å². The summed E-state index contributed by atoms with van der Waals surface area (Å²) >= 11 is 0. The minimum absolute atomic E-state index is 0.223. The second-order valence-corrected chi connectivity index (χ2v) is 9.15. The number of ether oxygens (including phenoxy) is 5. The van der Waals surface area contributed by atoms with Crippen molar-refractivity contribution in [3.63, 3.8) is 0 Å². The standard InChI is InChI=1S/C30H28O9/c1-19(35-26(32)21-13-7-4-8-14-21)24-25(38-27(33)22-15-9-5-10-16-22)30(3,29(37-24)36-20(2)31)39-28(34)23-17-11-6-12-18-23/h4-19,24-25,29H,1-3H3/t19?,24-,25-,29?,30-/m1/s1. The number of hydrogen-bond donors (Lipinski definition) is 0. The van der Waals surface area contributed by atoms with Gasteiger partial charge in [0.1, 0.15) is 12.2 Å². The number of hydrogen-bond acceptors (Lipinski definition) is 9. The summed E-state index contributed by atoms with van der Waals surface area (Å²) in [6, 6.07) is 24.7. The minimum Gasteiger partial charge on any atom is -0.456 e. The molecular formula is C30H28O9. The lowest BCUT2D eigenvalue weighted by Gasteiger charge is -2.34. The maximum Gasteiger partial charge on any atom is 0.339 e. The lowest BCUT2D eigenvalue weighted by atomic mass is 9.94. The second kappa shape index (κ2) is 11.9. The Balaban J connectivity index is 1.69. The maximum absolute atomic E-state index is 13.2. The average molecular weight is 533 g/mol. The van der Waals surface area contributed by atoms with Gasteiger partial charge >= 0.3 is 23.9 Å². The molecule has 4 rings (SSSR count). The molecule has 0 N–H and O–H groups in total. The molecule has 9 heteroatoms. The van der Waals surface area contributed by atoms with Gasteiger partial charge in [0, 0.05) is 6.92 Å². The van der Waals surface area contributed by atoms with Crippen molar-refractivity contribution >= 4 is 23.9 Å². The first-order valence-electron chi connectivity index (χ1n) is 12.3. The van der Waals surface area contributed by atoms with Gasteiger partial charge in [0.25, 0.3) is 0 Å². The van der Waals surface area contributed by atoms with Crippen molar-refractivity contribution in [2.24, 2.45) is 0 Å². The fourth-order valence-corrected chi connectivity index (χ4v) is 4.22. The van der Waals surface area contributed by atoms with Gasteiger partial charge in [0.05, 0.1) is 16.7 Å². The molecule has 0 spiro atoms. The Morgan fingerprint density at radius 1 is 0.718 bits per heavy atom. The molecule has 0 aliphatic carbocycles. The Morgan fingerprint density at radius 2 is 1.18 bits per heavy atom. The third-order valence-corrected chi connectivity index (χ3v) is 6.22. The van der Waals surface area contributed by atoms with Crippen molar-refractivity contribution in [2.75, 3.05) is 0 Å². The minimum atomic E-state index is -1.80. The molecule has 3 aromatic carbocycles. The van der Waals surface area contributed by atoms with E-state index in [0.717, 1.165) is 0 Å². The van der Waals surface area contributed by atoms with Gasteiger partial charge in [-0.05, 0) is 50.2 Å². The zero-order valence-electron chi connectivity index (χ0n) is 21.6. The Bertz CT molecular complexity index is 1310. The first-order valence-corrected chi connectivity index (χ1v) is 12.3. The van der Waals surface area contributed by atoms with Crippen LogP contribution in [0.4, 0.5) is 0 Å². The van der Waals surface area contributed by atoms with Crippen molar-refractivity contribution in [1.82, 2.24) is 0 Å². The third kappa shape index (κ3) is 6.32. The van der Waals surface area contributed by atoms with Crippen LogP contribution in [0.5, 0.6) is 0 Å². The molecule has 1 aliphatic heterocycles. The van der Waals surface area contributed by atoms with Crippen LogP contribution in [0.2, 0.25) is 0 Å². The number of esters is 4. The Hall–Kier alpha value is -4.50. The molecule has 2 unspecified atom stereocenters. The lowest BCUT2D eigenvalue weighted by molar-refractivity contribution is -0.208. The Kier molecular flexibility index (Phi) is 8.41. The predicted octanol–water partition coefficient (Wildman–Crippen LogP) is 4.36. The van der Waals surface area contributed by atoms with E-state index in [1.54, 1.807) is 97.9 Å². The van der Waals surface area contributed by atoms with Crippen molar-refractivity contribution in [1.29, 1.82) is 0 Å². The van der Waals surface area contributed by atoms with Crippen molar-refractivity contribution in [3.05, 3.63) is 108 Å². The molecule has 0 bridgehead atoms. The van der Waals surface area contributed by atoms with Crippen LogP contribution in [0.15, 0.2) is 91.0 Å². The predicted molar refractivity (Wildman–Crippen MR) is 138 cm³/mol. The highest BCUT2D eigenvalue weighted by atomic mass is 16.8. The van der Waals surface area contributed by atoms with E-state index < -0.39 is 54.1 Å². The number of carbonyl (C=O) groups is 4. The highest BCUT2D eigenvalue weighted by Crippen LogP contribution is 2.40. The smallest absolute Gasteiger partial charge is 0.339 e. The first-order chi connectivity index (χ1) is 18.7. The van der Waals surface area contributed by atoms with E-state index in [1.165, 1.54) is 13.8 Å². The second-order valence-electron chi connectivity index (χ2n) is 9.15. The van der Waals surface area contributed by atoms with Crippen LogP contribution in [0.25, 0.3) is 0 Å². The number of benzene rings is 3. The Morgan fingerprint density at radius 3 is 1.67 bits per heavy atom. The van der Waals surface area contributed by atoms with E-state index in [9.17, 15) is 19.2 Å². The van der Waals surface area contributed by atoms with Crippen LogP contribution in [-0.4, -0.2) is 54.1 Å². The molecule has 9 nitrogen and oxygen atoms in total. The summed E-state index contributed by atoms with van der Waals surface area (Å²) in [4.78, 5) is 51.1. The monoisotopic (exact) mass is 532 g/mol. The van der Waals surface area contributed by atoms with Gasteiger partial charge in [-0.3, -0.25) is 4.79 Å². The summed E-state index contributed by atoms with van der Waals surface area (Å²) in [5.74, 6) is -2.85. The lowest BCUT2D eigenvalue weighted by Crippen LogP contribution is -2.53. The van der Waals surface area contributed by atoms with Crippen LogP contribution >= 0.6 is 0 Å². The van der Waals surface area contributed by atoms with Crippen LogP contribution in [0.3, 0.4) is 0 Å². The maximum atomic E-state index is 13.2. The molecule has 0 aromatic heterocycles. The molecule has 1 aliphatic rings. The van der Waals surface area contributed by atoms with E-state index in [2.05, 4.69) is 0 Å². The van der Waals surface area contributed by atoms with Gasteiger partial charge in [-0.25, -0.2) is 14.4 Å². The van der Waals surface area contributed by atoms with Gasteiger partial charge in [0.2, 0.25) is 11.9 Å². The first kappa shape index (κ1) is 27.5. The van der Waals surface area contributed by atoms with Crippen LogP contribution in [0.1, 0.15) is 51.8 Å². The molecule has 39 heavy (non-hydrogen) atoms. The van der Waals surface area contributed by atoms with Crippen LogP contribution in [-0.2, 0) is 28.5 Å². The zero-order chi connectivity index (χ0) is 28.0. The van der Waals surface area contributed by atoms with E-state index in [-0.39, 0.29) is 11.1 Å². The molecule has 1 fully saturated rings. The summed E-state index contributed by atoms with van der Waals surface area (Å²) in [5.41, 5.74) is -1.05. The summed E-state index contributed by atoms with van der Waals surface area (Å²) in [7, 11) is 0.